The summed E-state index contributed by atoms with van der Waals surface area (Å²) in [6.45, 7) is 9.23. The van der Waals surface area contributed by atoms with E-state index in [2.05, 4.69) is 4.98 Å². The van der Waals surface area contributed by atoms with Crippen LogP contribution in [0, 0.1) is 0 Å². The second kappa shape index (κ2) is 4.57. The van der Waals surface area contributed by atoms with Crippen LogP contribution >= 0.6 is 11.3 Å². The third-order valence-corrected chi connectivity index (χ3v) is 4.66. The van der Waals surface area contributed by atoms with Gasteiger partial charge in [0.05, 0.1) is 16.1 Å². The van der Waals surface area contributed by atoms with Crippen LogP contribution in [0.1, 0.15) is 39.5 Å². The van der Waals surface area contributed by atoms with Gasteiger partial charge in [-0.2, -0.15) is 0 Å². The first-order valence-electron chi connectivity index (χ1n) is 6.07. The van der Waals surface area contributed by atoms with Gasteiger partial charge in [-0.1, -0.05) is 11.3 Å². The molecular weight excluding hydrogens is 266 g/mol. The first-order valence-corrected chi connectivity index (χ1v) is 6.89. The number of nitrogens with zero attached hydrogens (tertiary/aromatic N) is 1. The maximum absolute atomic E-state index is 14.5. The summed E-state index contributed by atoms with van der Waals surface area (Å²) >= 11 is 1.24. The number of nitrogen functional groups attached to an aromatic ring is 1. The number of rotatable bonds is 2. The first-order chi connectivity index (χ1) is 8.64. The van der Waals surface area contributed by atoms with Gasteiger partial charge >= 0.3 is 7.12 Å². The van der Waals surface area contributed by atoms with Crippen LogP contribution in [-0.2, 0) is 9.31 Å². The number of thiazole rings is 1. The van der Waals surface area contributed by atoms with Crippen molar-refractivity contribution in [2.75, 3.05) is 5.73 Å². The second-order valence-electron chi connectivity index (χ2n) is 5.62. The highest BCUT2D eigenvalue weighted by atomic mass is 32.1. The Morgan fingerprint density at radius 1 is 1.32 bits per heavy atom. The molecule has 2 rings (SSSR count). The minimum absolute atomic E-state index is 0.413. The molecule has 0 unspecified atom stereocenters. The minimum atomic E-state index is -0.978. The molecule has 4 nitrogen and oxygen atoms in total. The van der Waals surface area contributed by atoms with E-state index in [0.717, 1.165) is 0 Å². The van der Waals surface area contributed by atoms with Crippen LogP contribution < -0.4 is 5.73 Å². The molecule has 0 aromatic carbocycles. The number of aromatic nitrogens is 1. The van der Waals surface area contributed by atoms with Gasteiger partial charge in [0.25, 0.3) is 0 Å². The van der Waals surface area contributed by atoms with E-state index in [1.807, 2.05) is 27.7 Å². The number of halogens is 1. The summed E-state index contributed by atoms with van der Waals surface area (Å²) in [6.07, 6.45) is 1.56. The summed E-state index contributed by atoms with van der Waals surface area (Å²) in [7, 11) is -0.978. The highest BCUT2D eigenvalue weighted by molar-refractivity contribution is 7.16. The zero-order chi connectivity index (χ0) is 14.4. The van der Waals surface area contributed by atoms with Crippen molar-refractivity contribution in [3.05, 3.63) is 16.8 Å². The van der Waals surface area contributed by atoms with Crippen molar-refractivity contribution in [2.45, 2.75) is 45.8 Å². The molecule has 19 heavy (non-hydrogen) atoms. The van der Waals surface area contributed by atoms with Crippen molar-refractivity contribution in [3.63, 3.8) is 0 Å². The molecule has 7 heteroatoms. The molecule has 0 bridgehead atoms. The molecule has 0 spiro atoms. The van der Waals surface area contributed by atoms with E-state index in [9.17, 15) is 4.39 Å². The molecule has 1 aromatic rings. The van der Waals surface area contributed by atoms with Crippen molar-refractivity contribution in [1.82, 2.24) is 4.98 Å². The van der Waals surface area contributed by atoms with Crippen LogP contribution in [0.5, 0.6) is 0 Å². The molecule has 1 saturated heterocycles. The largest absolute Gasteiger partial charge is 0.525 e. The summed E-state index contributed by atoms with van der Waals surface area (Å²) < 4.78 is 25.8. The SMILES string of the molecule is CC(=C(F)B1OC(C)(C)C(C)(C)O1)c1cnc(N)s1. The van der Waals surface area contributed by atoms with Crippen molar-refractivity contribution in [2.24, 2.45) is 0 Å². The molecule has 104 valence electrons. The molecule has 0 saturated carbocycles. The summed E-state index contributed by atoms with van der Waals surface area (Å²) in [5.41, 5.74) is 4.47. The Morgan fingerprint density at radius 3 is 2.26 bits per heavy atom. The van der Waals surface area contributed by atoms with Crippen LogP contribution in [0.3, 0.4) is 0 Å². The minimum Gasteiger partial charge on any atom is -0.398 e. The monoisotopic (exact) mass is 284 g/mol. The van der Waals surface area contributed by atoms with E-state index in [1.165, 1.54) is 11.3 Å². The molecule has 0 radical (unpaired) electrons. The van der Waals surface area contributed by atoms with Gasteiger partial charge in [0.1, 0.15) is 5.73 Å². The molecule has 1 aliphatic rings. The van der Waals surface area contributed by atoms with E-state index < -0.39 is 24.0 Å². The molecule has 1 aromatic heterocycles. The van der Waals surface area contributed by atoms with Crippen molar-refractivity contribution in [3.8, 4) is 0 Å². The highest BCUT2D eigenvalue weighted by Gasteiger charge is 2.53. The van der Waals surface area contributed by atoms with Gasteiger partial charge in [0, 0.05) is 6.20 Å². The third-order valence-electron chi connectivity index (χ3n) is 3.71. The van der Waals surface area contributed by atoms with Crippen LogP contribution in [0.2, 0.25) is 0 Å². The first kappa shape index (κ1) is 14.5. The van der Waals surface area contributed by atoms with E-state index in [4.69, 9.17) is 15.0 Å². The van der Waals surface area contributed by atoms with Gasteiger partial charge in [-0.15, -0.1) is 0 Å². The van der Waals surface area contributed by atoms with E-state index in [0.29, 0.717) is 15.6 Å². The molecule has 2 heterocycles. The van der Waals surface area contributed by atoms with E-state index >= 15 is 0 Å². The third kappa shape index (κ3) is 2.54. The molecule has 0 amide bonds. The number of anilines is 1. The van der Waals surface area contributed by atoms with Crippen LogP contribution in [-0.4, -0.2) is 23.3 Å². The molecular formula is C12H18BFN2O2S. The van der Waals surface area contributed by atoms with Gasteiger partial charge in [0.2, 0.25) is 0 Å². The molecule has 0 atom stereocenters. The average molecular weight is 284 g/mol. The zero-order valence-electron chi connectivity index (χ0n) is 11.8. The molecule has 0 aliphatic carbocycles. The van der Waals surface area contributed by atoms with Crippen LogP contribution in [0.4, 0.5) is 9.52 Å². The standard InChI is InChI=1S/C12H18BFN2O2S/c1-7(8-6-16-10(15)19-8)9(14)13-17-11(2,3)12(4,5)18-13/h6H,1-5H3,(H2,15,16). The van der Waals surface area contributed by atoms with E-state index in [-0.39, 0.29) is 0 Å². The van der Waals surface area contributed by atoms with Crippen LogP contribution in [0.25, 0.3) is 5.57 Å². The number of hydrogen-bond donors (Lipinski definition) is 1. The van der Waals surface area contributed by atoms with Gasteiger partial charge in [-0.3, -0.25) is 0 Å². The fourth-order valence-electron chi connectivity index (χ4n) is 1.70. The number of nitrogens with two attached hydrogens (primary N) is 1. The van der Waals surface area contributed by atoms with Gasteiger partial charge in [0.15, 0.2) is 5.13 Å². The molecule has 1 fully saturated rings. The molecule has 1 aliphatic heterocycles. The summed E-state index contributed by atoms with van der Waals surface area (Å²) in [5.74, 6) is 0. The van der Waals surface area contributed by atoms with E-state index in [1.54, 1.807) is 13.1 Å². The zero-order valence-corrected chi connectivity index (χ0v) is 12.6. The lowest BCUT2D eigenvalue weighted by Gasteiger charge is -2.32. The average Bonchev–Trinajstić information content (AvgIpc) is 2.79. The summed E-state index contributed by atoms with van der Waals surface area (Å²) in [5, 5.41) is 0.413. The lowest BCUT2D eigenvalue weighted by molar-refractivity contribution is 0.00578. The Morgan fingerprint density at radius 2 is 1.84 bits per heavy atom. The molecule has 2 N–H and O–H groups in total. The Hall–Kier alpha value is -0.915. The van der Waals surface area contributed by atoms with Crippen molar-refractivity contribution in [1.29, 1.82) is 0 Å². The second-order valence-corrected chi connectivity index (χ2v) is 6.69. The topological polar surface area (TPSA) is 57.4 Å². The van der Waals surface area contributed by atoms with Gasteiger partial charge in [-0.05, 0) is 40.2 Å². The quantitative estimate of drug-likeness (QED) is 0.848. The maximum atomic E-state index is 14.5. The van der Waals surface area contributed by atoms with Crippen LogP contribution in [0.15, 0.2) is 11.9 Å². The normalized spacial score (nSPS) is 22.5. The summed E-state index contributed by atoms with van der Waals surface area (Å²) in [6, 6.07) is 0. The Kier molecular flexibility index (Phi) is 3.49. The maximum Gasteiger partial charge on any atom is 0.525 e. The predicted molar refractivity (Wildman–Crippen MR) is 76.3 cm³/mol. The smallest absolute Gasteiger partial charge is 0.398 e. The Bertz CT molecular complexity index is 512. The number of hydrogen-bond acceptors (Lipinski definition) is 5. The van der Waals surface area contributed by atoms with Crippen molar-refractivity contribution < 1.29 is 13.7 Å². The van der Waals surface area contributed by atoms with Gasteiger partial charge in [-0.25, -0.2) is 9.37 Å². The predicted octanol–water partition coefficient (Wildman–Crippen LogP) is 3.06. The summed E-state index contributed by atoms with van der Waals surface area (Å²) in [4.78, 5) is 4.60. The Balaban J connectivity index is 2.28. The fourth-order valence-corrected chi connectivity index (χ4v) is 2.39. The van der Waals surface area contributed by atoms with Crippen molar-refractivity contribution >= 4 is 29.2 Å². The lowest BCUT2D eigenvalue weighted by atomic mass is 9.85. The fraction of sp³-hybridized carbons (Fsp3) is 0.583. The Labute approximate surface area is 117 Å². The number of allylic oxidation sites excluding steroid dienone is 1. The highest BCUT2D eigenvalue weighted by Crippen LogP contribution is 2.40. The lowest BCUT2D eigenvalue weighted by Crippen LogP contribution is -2.41. The van der Waals surface area contributed by atoms with Gasteiger partial charge < -0.3 is 15.0 Å².